The molecule has 0 saturated carbocycles. The second-order valence-corrected chi connectivity index (χ2v) is 7.24. The highest BCUT2D eigenvalue weighted by Gasteiger charge is 2.38. The molecule has 7 heteroatoms. The number of carbonyl (C=O) groups is 1. The quantitative estimate of drug-likeness (QED) is 0.735. The first kappa shape index (κ1) is 14.5. The zero-order chi connectivity index (χ0) is 15.1. The molecule has 0 N–H and O–H groups in total. The molecular weight excluding hydrogens is 280 g/mol. The topological polar surface area (TPSA) is 76.0 Å². The number of carbonyl (C=O) groups excluding carboxylic acids is 1. The third-order valence-electron chi connectivity index (χ3n) is 2.57. The van der Waals surface area contributed by atoms with Crippen molar-refractivity contribution in [2.45, 2.75) is 31.3 Å². The van der Waals surface area contributed by atoms with Gasteiger partial charge in [-0.05, 0) is 32.9 Å². The van der Waals surface area contributed by atoms with E-state index in [4.69, 9.17) is 4.74 Å². The molecule has 6 nitrogen and oxygen atoms in total. The average molecular weight is 296 g/mol. The molecule has 0 unspecified atom stereocenters. The third-order valence-corrected chi connectivity index (χ3v) is 4.25. The van der Waals surface area contributed by atoms with Crippen molar-refractivity contribution in [3.8, 4) is 0 Å². The molecule has 0 spiro atoms. The average Bonchev–Trinajstić information content (AvgIpc) is 2.32. The summed E-state index contributed by atoms with van der Waals surface area (Å²) in [4.78, 5) is 12.1. The molecule has 0 atom stereocenters. The number of hydrogen-bond donors (Lipinski definition) is 0. The molecule has 0 radical (unpaired) electrons. The Labute approximate surface area is 118 Å². The van der Waals surface area contributed by atoms with E-state index in [2.05, 4.69) is 5.10 Å². The van der Waals surface area contributed by atoms with Crippen LogP contribution in [0, 0.1) is 0 Å². The van der Waals surface area contributed by atoms with Crippen LogP contribution in [0.3, 0.4) is 0 Å². The molecule has 2 rings (SSSR count). The van der Waals surface area contributed by atoms with Crippen molar-refractivity contribution >= 4 is 26.5 Å². The lowest BCUT2D eigenvalue weighted by Gasteiger charge is -2.25. The van der Waals surface area contributed by atoms with Gasteiger partial charge in [-0.1, -0.05) is 12.1 Å². The van der Waals surface area contributed by atoms with Crippen molar-refractivity contribution in [3.63, 3.8) is 0 Å². The van der Waals surface area contributed by atoms with E-state index in [1.165, 1.54) is 11.1 Å². The number of benzene rings is 1. The summed E-state index contributed by atoms with van der Waals surface area (Å²) in [6, 6.07) is 6.38. The maximum atomic E-state index is 12.4. The molecule has 0 amide bonds. The summed E-state index contributed by atoms with van der Waals surface area (Å²) in [7, 11) is -2.37. The maximum absolute atomic E-state index is 12.4. The number of nitrogens with zero attached hydrogens (tertiary/aromatic N) is 2. The van der Waals surface area contributed by atoms with Crippen molar-refractivity contribution < 1.29 is 17.9 Å². The van der Waals surface area contributed by atoms with Gasteiger partial charge in [-0.2, -0.15) is 5.10 Å². The van der Waals surface area contributed by atoms with Crippen molar-refractivity contribution in [1.29, 1.82) is 0 Å². The zero-order valence-electron chi connectivity index (χ0n) is 11.7. The summed E-state index contributed by atoms with van der Waals surface area (Å²) in [5.41, 5.74) is -0.357. The Balaban J connectivity index is 2.50. The van der Waals surface area contributed by atoms with Crippen molar-refractivity contribution in [2.24, 2.45) is 5.10 Å². The highest BCUT2D eigenvalue weighted by molar-refractivity contribution is 8.08. The van der Waals surface area contributed by atoms with Gasteiger partial charge in [0.2, 0.25) is 9.84 Å². The van der Waals surface area contributed by atoms with E-state index < -0.39 is 26.5 Å². The van der Waals surface area contributed by atoms with Gasteiger partial charge in [0.1, 0.15) is 5.60 Å². The predicted molar refractivity (Wildman–Crippen MR) is 75.3 cm³/mol. The number of ether oxygens (including phenoxy) is 1. The fourth-order valence-corrected chi connectivity index (χ4v) is 3.20. The van der Waals surface area contributed by atoms with Crippen LogP contribution in [0.5, 0.6) is 0 Å². The number of fused-ring (bicyclic) bond motifs is 1. The standard InChI is InChI=1S/C13H16N2O4S/c1-13(2,3)19-12(16)11-14-15(4)9-7-5-6-8-10(9)20(11,17)18/h5-8H,1-4H3. The molecule has 20 heavy (non-hydrogen) atoms. The molecule has 0 saturated heterocycles. The van der Waals surface area contributed by atoms with Gasteiger partial charge in [0.25, 0.3) is 5.04 Å². The van der Waals surface area contributed by atoms with Gasteiger partial charge in [0, 0.05) is 7.05 Å². The molecule has 0 aromatic heterocycles. The molecule has 0 aliphatic carbocycles. The Morgan fingerprint density at radius 1 is 1.25 bits per heavy atom. The van der Waals surface area contributed by atoms with Gasteiger partial charge in [-0.25, -0.2) is 13.2 Å². The summed E-state index contributed by atoms with van der Waals surface area (Å²) in [6.45, 7) is 5.00. The number of esters is 1. The maximum Gasteiger partial charge on any atom is 0.371 e. The number of hydrogen-bond acceptors (Lipinski definition) is 6. The molecule has 1 heterocycles. The summed E-state index contributed by atoms with van der Waals surface area (Å²) < 4.78 is 29.9. The fourth-order valence-electron chi connectivity index (χ4n) is 1.77. The minimum absolute atomic E-state index is 0.0540. The first-order valence-corrected chi connectivity index (χ1v) is 7.51. The molecule has 1 aromatic carbocycles. The van der Waals surface area contributed by atoms with Crippen molar-refractivity contribution in [2.75, 3.05) is 12.1 Å². The van der Waals surface area contributed by atoms with Gasteiger partial charge >= 0.3 is 5.97 Å². The Morgan fingerprint density at radius 2 is 1.85 bits per heavy atom. The van der Waals surface area contributed by atoms with Crippen LogP contribution >= 0.6 is 0 Å². The lowest BCUT2D eigenvalue weighted by molar-refractivity contribution is -0.145. The first-order valence-electron chi connectivity index (χ1n) is 6.03. The summed E-state index contributed by atoms with van der Waals surface area (Å²) in [5.74, 6) is -0.946. The molecule has 1 aliphatic rings. The van der Waals surface area contributed by atoms with Gasteiger partial charge < -0.3 is 4.74 Å². The molecular formula is C13H16N2O4S. The number of hydrazone groups is 1. The Kier molecular flexibility index (Phi) is 3.33. The predicted octanol–water partition coefficient (Wildman–Crippen LogP) is 1.57. The fraction of sp³-hybridized carbons (Fsp3) is 0.385. The number of para-hydroxylation sites is 1. The van der Waals surface area contributed by atoms with Gasteiger partial charge in [-0.3, -0.25) is 5.01 Å². The van der Waals surface area contributed by atoms with Crippen molar-refractivity contribution in [3.05, 3.63) is 24.3 Å². The van der Waals surface area contributed by atoms with Gasteiger partial charge in [-0.15, -0.1) is 0 Å². The van der Waals surface area contributed by atoms with E-state index in [0.29, 0.717) is 5.69 Å². The summed E-state index contributed by atoms with van der Waals surface area (Å²) in [6.07, 6.45) is 0. The van der Waals surface area contributed by atoms with Crippen LogP contribution in [0.2, 0.25) is 0 Å². The Morgan fingerprint density at radius 3 is 2.45 bits per heavy atom. The third kappa shape index (κ3) is 2.53. The molecule has 1 aromatic rings. The monoisotopic (exact) mass is 296 g/mol. The van der Waals surface area contributed by atoms with Crippen molar-refractivity contribution in [1.82, 2.24) is 0 Å². The highest BCUT2D eigenvalue weighted by Crippen LogP contribution is 2.30. The van der Waals surface area contributed by atoms with Gasteiger partial charge in [0.15, 0.2) is 0 Å². The van der Waals surface area contributed by atoms with Crippen LogP contribution in [0.1, 0.15) is 20.8 Å². The molecule has 0 bridgehead atoms. The van der Waals surface area contributed by atoms with E-state index in [0.717, 1.165) is 0 Å². The SMILES string of the molecule is CN1N=C(C(=O)OC(C)(C)C)S(=O)(=O)c2ccccc21. The second-order valence-electron chi connectivity index (χ2n) is 5.40. The number of anilines is 1. The largest absolute Gasteiger partial charge is 0.455 e. The molecule has 0 fully saturated rings. The minimum Gasteiger partial charge on any atom is -0.455 e. The summed E-state index contributed by atoms with van der Waals surface area (Å²) in [5, 5.41) is 4.62. The Bertz CT molecular complexity index is 687. The highest BCUT2D eigenvalue weighted by atomic mass is 32.2. The normalized spacial score (nSPS) is 17.2. The van der Waals surface area contributed by atoms with Crippen LogP contribution in [0.4, 0.5) is 5.69 Å². The minimum atomic E-state index is -3.95. The smallest absolute Gasteiger partial charge is 0.371 e. The van der Waals surface area contributed by atoms with E-state index in [9.17, 15) is 13.2 Å². The summed E-state index contributed by atoms with van der Waals surface area (Å²) >= 11 is 0. The van der Waals surface area contributed by atoms with E-state index in [-0.39, 0.29) is 4.90 Å². The molecule has 1 aliphatic heterocycles. The van der Waals surface area contributed by atoms with Crippen LogP contribution in [-0.2, 0) is 19.4 Å². The zero-order valence-corrected chi connectivity index (χ0v) is 12.6. The lowest BCUT2D eigenvalue weighted by atomic mass is 10.2. The van der Waals surface area contributed by atoms with E-state index >= 15 is 0 Å². The van der Waals surface area contributed by atoms with Crippen LogP contribution < -0.4 is 5.01 Å². The first-order chi connectivity index (χ1) is 9.13. The number of rotatable bonds is 1. The Hall–Kier alpha value is -1.89. The lowest BCUT2D eigenvalue weighted by Crippen LogP contribution is -2.37. The molecule has 108 valence electrons. The second kappa shape index (κ2) is 4.59. The van der Waals surface area contributed by atoms with Crippen LogP contribution in [0.15, 0.2) is 34.3 Å². The number of sulfone groups is 1. The van der Waals surface area contributed by atoms with E-state index in [1.54, 1.807) is 46.0 Å². The van der Waals surface area contributed by atoms with Crippen LogP contribution in [-0.4, -0.2) is 32.1 Å². The van der Waals surface area contributed by atoms with Crippen LogP contribution in [0.25, 0.3) is 0 Å². The van der Waals surface area contributed by atoms with Gasteiger partial charge in [0.05, 0.1) is 10.6 Å². The van der Waals surface area contributed by atoms with E-state index in [1.807, 2.05) is 0 Å².